The number of rotatable bonds is 4. The number of aromatic nitrogens is 1. The third-order valence-corrected chi connectivity index (χ3v) is 5.11. The first kappa shape index (κ1) is 17.7. The number of esters is 1. The largest absolute Gasteiger partial charge is 0.464 e. The third kappa shape index (κ3) is 2.76. The fourth-order valence-corrected chi connectivity index (χ4v) is 3.74. The zero-order valence-electron chi connectivity index (χ0n) is 14.8. The van der Waals surface area contributed by atoms with Crippen molar-refractivity contribution in [1.29, 1.82) is 0 Å². The van der Waals surface area contributed by atoms with E-state index in [-0.39, 0.29) is 18.3 Å². The molecule has 2 aromatic rings. The van der Waals surface area contributed by atoms with Gasteiger partial charge in [0, 0.05) is 17.8 Å². The lowest BCUT2D eigenvalue weighted by atomic mass is 9.84. The average molecular weight is 345 g/mol. The van der Waals surface area contributed by atoms with Crippen LogP contribution < -0.4 is 0 Å². The molecule has 2 unspecified atom stereocenters. The fourth-order valence-electron chi connectivity index (χ4n) is 3.74. The van der Waals surface area contributed by atoms with Gasteiger partial charge in [0.05, 0.1) is 12.7 Å². The average Bonchev–Trinajstić information content (AvgIpc) is 3.02. The third-order valence-electron chi connectivity index (χ3n) is 5.11. The van der Waals surface area contributed by atoms with Crippen molar-refractivity contribution < 1.29 is 19.0 Å². The highest BCUT2D eigenvalue weighted by atomic mass is 19.1. The van der Waals surface area contributed by atoms with Gasteiger partial charge in [0.2, 0.25) is 0 Å². The molecule has 1 aromatic carbocycles. The Labute approximate surface area is 147 Å². The van der Waals surface area contributed by atoms with Gasteiger partial charge in [-0.1, -0.05) is 20.8 Å². The maximum Gasteiger partial charge on any atom is 0.335 e. The summed E-state index contributed by atoms with van der Waals surface area (Å²) in [5.41, 5.74) is 1.36. The standard InChI is InChI=1S/C20H24FNO3/c1-4-20(18(23)11-12-25-19(20)24)22-16(13(2)3)9-10-17(22)14-5-7-15(21)8-6-14/h5-10,13,18,23H,4,11-12H2,1-3H3. The van der Waals surface area contributed by atoms with E-state index in [9.17, 15) is 14.3 Å². The molecule has 0 saturated carbocycles. The number of carbonyl (C=O) groups excluding carboxylic acids is 1. The number of carbonyl (C=O) groups is 1. The van der Waals surface area contributed by atoms with E-state index in [0.717, 1.165) is 17.0 Å². The van der Waals surface area contributed by atoms with Crippen LogP contribution in [0.15, 0.2) is 36.4 Å². The summed E-state index contributed by atoms with van der Waals surface area (Å²) in [5.74, 6) is -0.567. The maximum atomic E-state index is 13.3. The normalized spacial score (nSPS) is 23.8. The summed E-state index contributed by atoms with van der Waals surface area (Å²) >= 11 is 0. The van der Waals surface area contributed by atoms with Gasteiger partial charge >= 0.3 is 5.97 Å². The molecule has 0 bridgehead atoms. The van der Waals surface area contributed by atoms with Gasteiger partial charge < -0.3 is 14.4 Å². The molecule has 1 N–H and O–H groups in total. The highest BCUT2D eigenvalue weighted by Crippen LogP contribution is 2.40. The molecule has 1 aliphatic heterocycles. The molecule has 2 atom stereocenters. The lowest BCUT2D eigenvalue weighted by Crippen LogP contribution is -2.56. The molecule has 5 heteroatoms. The topological polar surface area (TPSA) is 51.5 Å². The molecule has 2 heterocycles. The van der Waals surface area contributed by atoms with Crippen LogP contribution in [-0.2, 0) is 15.1 Å². The summed E-state index contributed by atoms with van der Waals surface area (Å²) in [4.78, 5) is 12.8. The number of hydrogen-bond acceptors (Lipinski definition) is 3. The van der Waals surface area contributed by atoms with Crippen LogP contribution in [0.4, 0.5) is 4.39 Å². The number of ether oxygens (including phenoxy) is 1. The highest BCUT2D eigenvalue weighted by molar-refractivity contribution is 5.82. The number of aliphatic hydroxyl groups excluding tert-OH is 1. The van der Waals surface area contributed by atoms with E-state index in [1.807, 2.05) is 37.5 Å². The van der Waals surface area contributed by atoms with Crippen LogP contribution in [-0.4, -0.2) is 28.4 Å². The minimum absolute atomic E-state index is 0.152. The predicted molar refractivity (Wildman–Crippen MR) is 93.8 cm³/mol. The fraction of sp³-hybridized carbons (Fsp3) is 0.450. The van der Waals surface area contributed by atoms with Gasteiger partial charge in [-0.3, -0.25) is 0 Å². The zero-order chi connectivity index (χ0) is 18.2. The van der Waals surface area contributed by atoms with Crippen LogP contribution in [0.25, 0.3) is 11.3 Å². The van der Waals surface area contributed by atoms with Crippen molar-refractivity contribution in [1.82, 2.24) is 4.57 Å². The first-order valence-corrected chi connectivity index (χ1v) is 8.75. The molecule has 1 saturated heterocycles. The van der Waals surface area contributed by atoms with Crippen LogP contribution in [0.5, 0.6) is 0 Å². The Morgan fingerprint density at radius 2 is 1.96 bits per heavy atom. The second kappa shape index (κ2) is 6.64. The Kier molecular flexibility index (Phi) is 4.69. The van der Waals surface area contributed by atoms with Crippen molar-refractivity contribution in [3.8, 4) is 11.3 Å². The predicted octanol–water partition coefficient (Wildman–Crippen LogP) is 3.83. The zero-order valence-corrected chi connectivity index (χ0v) is 14.8. The second-order valence-corrected chi connectivity index (χ2v) is 6.86. The number of aliphatic hydroxyl groups is 1. The number of halogens is 1. The van der Waals surface area contributed by atoms with Crippen LogP contribution in [0.3, 0.4) is 0 Å². The lowest BCUT2D eigenvalue weighted by Gasteiger charge is -2.42. The van der Waals surface area contributed by atoms with Crippen molar-refractivity contribution in [2.45, 2.75) is 51.2 Å². The minimum atomic E-state index is -1.16. The van der Waals surface area contributed by atoms with Gasteiger partial charge in [-0.25, -0.2) is 9.18 Å². The summed E-state index contributed by atoms with van der Waals surface area (Å²) in [6, 6.07) is 10.1. The van der Waals surface area contributed by atoms with Gasteiger partial charge in [-0.2, -0.15) is 0 Å². The van der Waals surface area contributed by atoms with Crippen molar-refractivity contribution in [2.75, 3.05) is 6.61 Å². The van der Waals surface area contributed by atoms with Gasteiger partial charge in [-0.05, 0) is 54.3 Å². The van der Waals surface area contributed by atoms with E-state index in [2.05, 4.69) is 0 Å². The molecule has 0 aliphatic carbocycles. The Bertz CT molecular complexity index is 766. The number of nitrogens with zero attached hydrogens (tertiary/aromatic N) is 1. The van der Waals surface area contributed by atoms with Crippen LogP contribution in [0, 0.1) is 5.82 Å². The molecule has 25 heavy (non-hydrogen) atoms. The smallest absolute Gasteiger partial charge is 0.335 e. The molecule has 0 spiro atoms. The molecule has 1 aliphatic rings. The Hall–Kier alpha value is -2.14. The van der Waals surface area contributed by atoms with Crippen molar-refractivity contribution in [2.24, 2.45) is 0 Å². The van der Waals surface area contributed by atoms with E-state index in [4.69, 9.17) is 4.74 Å². The lowest BCUT2D eigenvalue weighted by molar-refractivity contribution is -0.172. The minimum Gasteiger partial charge on any atom is -0.464 e. The molecule has 0 radical (unpaired) electrons. The van der Waals surface area contributed by atoms with E-state index < -0.39 is 17.6 Å². The van der Waals surface area contributed by atoms with E-state index >= 15 is 0 Å². The summed E-state index contributed by atoms with van der Waals surface area (Å²) in [5, 5.41) is 10.8. The van der Waals surface area contributed by atoms with Gasteiger partial charge in [0.25, 0.3) is 0 Å². The van der Waals surface area contributed by atoms with Gasteiger partial charge in [-0.15, -0.1) is 0 Å². The summed E-state index contributed by atoms with van der Waals surface area (Å²) in [7, 11) is 0. The molecule has 3 rings (SSSR count). The van der Waals surface area contributed by atoms with Crippen LogP contribution >= 0.6 is 0 Å². The van der Waals surface area contributed by atoms with Crippen molar-refractivity contribution in [3.05, 3.63) is 47.9 Å². The SMILES string of the molecule is CCC1(n2c(-c3ccc(F)cc3)ccc2C(C)C)C(=O)OCCC1O. The number of benzene rings is 1. The first-order chi connectivity index (χ1) is 11.9. The summed E-state index contributed by atoms with van der Waals surface area (Å²) < 4.78 is 20.6. The molecular weight excluding hydrogens is 321 g/mol. The summed E-state index contributed by atoms with van der Waals surface area (Å²) in [6.07, 6.45) is -0.0175. The van der Waals surface area contributed by atoms with Gasteiger partial charge in [0.15, 0.2) is 5.54 Å². The molecule has 0 amide bonds. The quantitative estimate of drug-likeness (QED) is 0.857. The maximum absolute atomic E-state index is 13.3. The second-order valence-electron chi connectivity index (χ2n) is 6.86. The van der Waals surface area contributed by atoms with Gasteiger partial charge in [0.1, 0.15) is 5.82 Å². The monoisotopic (exact) mass is 345 g/mol. The first-order valence-electron chi connectivity index (χ1n) is 8.75. The highest BCUT2D eigenvalue weighted by Gasteiger charge is 2.51. The van der Waals surface area contributed by atoms with Crippen LogP contribution in [0.2, 0.25) is 0 Å². The molecule has 134 valence electrons. The Morgan fingerprint density at radius 1 is 1.28 bits per heavy atom. The molecule has 4 nitrogen and oxygen atoms in total. The summed E-state index contributed by atoms with van der Waals surface area (Å²) in [6.45, 7) is 6.20. The van der Waals surface area contributed by atoms with Crippen LogP contribution in [0.1, 0.15) is 45.2 Å². The Balaban J connectivity index is 2.27. The molecule has 1 fully saturated rings. The van der Waals surface area contributed by atoms with E-state index in [1.165, 1.54) is 12.1 Å². The Morgan fingerprint density at radius 3 is 2.52 bits per heavy atom. The molecule has 1 aromatic heterocycles. The van der Waals surface area contributed by atoms with E-state index in [1.54, 1.807) is 12.1 Å². The van der Waals surface area contributed by atoms with Crippen molar-refractivity contribution in [3.63, 3.8) is 0 Å². The van der Waals surface area contributed by atoms with Crippen molar-refractivity contribution >= 4 is 5.97 Å². The number of cyclic esters (lactones) is 1. The number of hydrogen-bond donors (Lipinski definition) is 1. The van der Waals surface area contributed by atoms with E-state index in [0.29, 0.717) is 12.8 Å². The molecular formula is C20H24FNO3.